The van der Waals surface area contributed by atoms with Gasteiger partial charge in [0.1, 0.15) is 12.2 Å². The second-order valence-corrected chi connectivity index (χ2v) is 5.49. The lowest BCUT2D eigenvalue weighted by Gasteiger charge is -2.14. The Kier molecular flexibility index (Phi) is 5.00. The van der Waals surface area contributed by atoms with Crippen LogP contribution >= 0.6 is 0 Å². The maximum absolute atomic E-state index is 11.7. The lowest BCUT2D eigenvalue weighted by Crippen LogP contribution is -2.20. The van der Waals surface area contributed by atoms with E-state index in [1.165, 1.54) is 0 Å². The van der Waals surface area contributed by atoms with Gasteiger partial charge in [-0.2, -0.15) is 0 Å². The normalized spacial score (nSPS) is 20.4. The fraction of sp³-hybridized carbons (Fsp3) is 0.733. The average molecular weight is 266 g/mol. The first-order chi connectivity index (χ1) is 9.15. The van der Waals surface area contributed by atoms with Crippen molar-refractivity contribution in [1.82, 2.24) is 0 Å². The predicted molar refractivity (Wildman–Crippen MR) is 70.5 cm³/mol. The van der Waals surface area contributed by atoms with Crippen molar-refractivity contribution >= 4 is 11.9 Å². The van der Waals surface area contributed by atoms with Crippen molar-refractivity contribution in [2.24, 2.45) is 0 Å². The number of hydrogen-bond donors (Lipinski definition) is 0. The Hall–Kier alpha value is -1.32. The molecule has 0 aromatic heterocycles. The summed E-state index contributed by atoms with van der Waals surface area (Å²) >= 11 is 0. The zero-order valence-corrected chi connectivity index (χ0v) is 11.4. The van der Waals surface area contributed by atoms with E-state index >= 15 is 0 Å². The Morgan fingerprint density at radius 2 is 1.37 bits per heavy atom. The molecule has 0 atom stereocenters. The summed E-state index contributed by atoms with van der Waals surface area (Å²) in [6, 6.07) is 0. The third kappa shape index (κ3) is 4.37. The van der Waals surface area contributed by atoms with E-state index in [4.69, 9.17) is 9.47 Å². The standard InChI is InChI=1S/C15H22O4/c1-11(15(17)19-13-8-4-5-9-13)10-14(16)18-12-6-2-3-7-12/h12-13H,1-10H2. The highest BCUT2D eigenvalue weighted by atomic mass is 16.6. The Labute approximate surface area is 114 Å². The van der Waals surface area contributed by atoms with Crippen LogP contribution in [-0.4, -0.2) is 24.1 Å². The molecule has 0 spiro atoms. The molecule has 4 nitrogen and oxygen atoms in total. The van der Waals surface area contributed by atoms with Gasteiger partial charge >= 0.3 is 11.9 Å². The Bertz CT molecular complexity index is 349. The van der Waals surface area contributed by atoms with Gasteiger partial charge in [-0.05, 0) is 51.4 Å². The zero-order chi connectivity index (χ0) is 13.7. The van der Waals surface area contributed by atoms with E-state index in [-0.39, 0.29) is 30.2 Å². The lowest BCUT2D eigenvalue weighted by molar-refractivity contribution is -0.151. The van der Waals surface area contributed by atoms with Gasteiger partial charge < -0.3 is 9.47 Å². The SMILES string of the molecule is C=C(CC(=O)OC1CCCC1)C(=O)OC1CCCC1. The zero-order valence-electron chi connectivity index (χ0n) is 11.4. The molecule has 0 saturated heterocycles. The molecule has 0 aromatic carbocycles. The summed E-state index contributed by atoms with van der Waals surface area (Å²) in [5.74, 6) is -0.810. The molecular formula is C15H22O4. The van der Waals surface area contributed by atoms with E-state index in [1.807, 2.05) is 0 Å². The molecule has 0 radical (unpaired) electrons. The monoisotopic (exact) mass is 266 g/mol. The molecule has 0 aromatic rings. The smallest absolute Gasteiger partial charge is 0.334 e. The molecule has 0 unspecified atom stereocenters. The summed E-state index contributed by atoms with van der Waals surface area (Å²) < 4.78 is 10.6. The molecule has 4 heteroatoms. The van der Waals surface area contributed by atoms with Gasteiger partial charge in [0.25, 0.3) is 0 Å². The quantitative estimate of drug-likeness (QED) is 0.567. The minimum absolute atomic E-state index is 0.00935. The molecule has 2 aliphatic rings. The number of carbonyl (C=O) groups is 2. The van der Waals surface area contributed by atoms with Gasteiger partial charge in [0, 0.05) is 5.57 Å². The van der Waals surface area contributed by atoms with Gasteiger partial charge in [-0.3, -0.25) is 4.79 Å². The summed E-state index contributed by atoms with van der Waals surface area (Å²) in [5.41, 5.74) is 0.204. The average Bonchev–Trinajstić information content (AvgIpc) is 3.01. The van der Waals surface area contributed by atoms with E-state index in [1.54, 1.807) is 0 Å². The topological polar surface area (TPSA) is 52.6 Å². The summed E-state index contributed by atoms with van der Waals surface area (Å²) in [5, 5.41) is 0. The second kappa shape index (κ2) is 6.73. The Morgan fingerprint density at radius 1 is 0.895 bits per heavy atom. The summed E-state index contributed by atoms with van der Waals surface area (Å²) in [7, 11) is 0. The molecule has 0 heterocycles. The van der Waals surface area contributed by atoms with Crippen LogP contribution in [0.25, 0.3) is 0 Å². The lowest BCUT2D eigenvalue weighted by atomic mass is 10.2. The molecule has 0 aliphatic heterocycles. The molecule has 0 N–H and O–H groups in total. The van der Waals surface area contributed by atoms with Crippen molar-refractivity contribution in [2.45, 2.75) is 70.0 Å². The van der Waals surface area contributed by atoms with E-state index in [2.05, 4.69) is 6.58 Å². The summed E-state index contributed by atoms with van der Waals surface area (Å²) in [4.78, 5) is 23.4. The highest BCUT2D eigenvalue weighted by Crippen LogP contribution is 2.23. The molecule has 2 rings (SSSR count). The van der Waals surface area contributed by atoms with Crippen LogP contribution < -0.4 is 0 Å². The largest absolute Gasteiger partial charge is 0.462 e. The van der Waals surface area contributed by atoms with Crippen LogP contribution in [0.15, 0.2) is 12.2 Å². The fourth-order valence-electron chi connectivity index (χ4n) is 2.72. The number of carbonyl (C=O) groups excluding carboxylic acids is 2. The molecular weight excluding hydrogens is 244 g/mol. The van der Waals surface area contributed by atoms with Crippen LogP contribution in [0, 0.1) is 0 Å². The number of esters is 2. The van der Waals surface area contributed by atoms with Crippen molar-refractivity contribution in [3.63, 3.8) is 0 Å². The van der Waals surface area contributed by atoms with Crippen molar-refractivity contribution < 1.29 is 19.1 Å². The van der Waals surface area contributed by atoms with Gasteiger partial charge in [-0.25, -0.2) is 4.79 Å². The van der Waals surface area contributed by atoms with E-state index in [0.29, 0.717) is 0 Å². The van der Waals surface area contributed by atoms with Gasteiger partial charge in [-0.1, -0.05) is 6.58 Å². The van der Waals surface area contributed by atoms with Crippen LogP contribution in [0.2, 0.25) is 0 Å². The van der Waals surface area contributed by atoms with Gasteiger partial charge in [0.15, 0.2) is 0 Å². The molecule has 0 bridgehead atoms. The van der Waals surface area contributed by atoms with Crippen molar-refractivity contribution in [2.75, 3.05) is 0 Å². The van der Waals surface area contributed by atoms with Crippen LogP contribution in [0.5, 0.6) is 0 Å². The van der Waals surface area contributed by atoms with E-state index in [9.17, 15) is 9.59 Å². The Balaban J connectivity index is 1.69. The van der Waals surface area contributed by atoms with Crippen molar-refractivity contribution in [3.8, 4) is 0 Å². The maximum Gasteiger partial charge on any atom is 0.334 e. The molecule has 0 amide bonds. The molecule has 2 saturated carbocycles. The highest BCUT2D eigenvalue weighted by Gasteiger charge is 2.24. The first-order valence-electron chi connectivity index (χ1n) is 7.23. The van der Waals surface area contributed by atoms with Crippen LogP contribution in [0.4, 0.5) is 0 Å². The highest BCUT2D eigenvalue weighted by molar-refractivity contribution is 5.93. The van der Waals surface area contributed by atoms with Crippen LogP contribution in [0.1, 0.15) is 57.8 Å². The number of hydrogen-bond acceptors (Lipinski definition) is 4. The Morgan fingerprint density at radius 3 is 1.89 bits per heavy atom. The molecule has 19 heavy (non-hydrogen) atoms. The number of rotatable bonds is 5. The first kappa shape index (κ1) is 14.1. The predicted octanol–water partition coefficient (Wildman–Crippen LogP) is 2.90. The third-order valence-corrected chi connectivity index (χ3v) is 3.82. The first-order valence-corrected chi connectivity index (χ1v) is 7.23. The second-order valence-electron chi connectivity index (χ2n) is 5.49. The van der Waals surface area contributed by atoms with E-state index in [0.717, 1.165) is 51.4 Å². The van der Waals surface area contributed by atoms with Crippen LogP contribution in [-0.2, 0) is 19.1 Å². The molecule has 2 fully saturated rings. The fourth-order valence-corrected chi connectivity index (χ4v) is 2.72. The molecule has 106 valence electrons. The molecule has 2 aliphatic carbocycles. The maximum atomic E-state index is 11.7. The summed E-state index contributed by atoms with van der Waals surface area (Å²) in [6.07, 6.45) is 8.14. The van der Waals surface area contributed by atoms with Gasteiger partial charge in [-0.15, -0.1) is 0 Å². The van der Waals surface area contributed by atoms with Crippen molar-refractivity contribution in [1.29, 1.82) is 0 Å². The number of ether oxygens (including phenoxy) is 2. The minimum Gasteiger partial charge on any atom is -0.462 e. The van der Waals surface area contributed by atoms with E-state index < -0.39 is 5.97 Å². The minimum atomic E-state index is -0.449. The van der Waals surface area contributed by atoms with Gasteiger partial charge in [0.05, 0.1) is 6.42 Å². The van der Waals surface area contributed by atoms with Crippen molar-refractivity contribution in [3.05, 3.63) is 12.2 Å². The summed E-state index contributed by atoms with van der Waals surface area (Å²) in [6.45, 7) is 3.64. The van der Waals surface area contributed by atoms with Crippen LogP contribution in [0.3, 0.4) is 0 Å². The third-order valence-electron chi connectivity index (χ3n) is 3.82. The van der Waals surface area contributed by atoms with Gasteiger partial charge in [0.2, 0.25) is 0 Å².